The Kier molecular flexibility index (Phi) is 5.19. The summed E-state index contributed by atoms with van der Waals surface area (Å²) in [6.07, 6.45) is 2.71. The molecule has 0 aliphatic rings. The van der Waals surface area contributed by atoms with E-state index in [1.807, 2.05) is 0 Å². The molecule has 7 nitrogen and oxygen atoms in total. The lowest BCUT2D eigenvalue weighted by Gasteiger charge is -2.27. The summed E-state index contributed by atoms with van der Waals surface area (Å²) in [5, 5.41) is 11.6. The number of amides is 1. The van der Waals surface area contributed by atoms with Crippen molar-refractivity contribution in [3.05, 3.63) is 30.1 Å². The van der Waals surface area contributed by atoms with Gasteiger partial charge in [0.05, 0.1) is 6.61 Å². The van der Waals surface area contributed by atoms with Gasteiger partial charge >= 0.3 is 11.9 Å². The van der Waals surface area contributed by atoms with Crippen LogP contribution in [0.5, 0.6) is 0 Å². The van der Waals surface area contributed by atoms with Gasteiger partial charge in [0.1, 0.15) is 0 Å². The number of ether oxygens (including phenoxy) is 1. The van der Waals surface area contributed by atoms with Crippen molar-refractivity contribution in [3.8, 4) is 0 Å². The van der Waals surface area contributed by atoms with Crippen LogP contribution in [0.15, 0.2) is 24.5 Å². The molecule has 7 heteroatoms. The van der Waals surface area contributed by atoms with Gasteiger partial charge in [-0.25, -0.2) is 9.59 Å². The summed E-state index contributed by atoms with van der Waals surface area (Å²) >= 11 is 0. The molecule has 2 N–H and O–H groups in total. The fourth-order valence-corrected chi connectivity index (χ4v) is 1.75. The Morgan fingerprint density at radius 1 is 1.45 bits per heavy atom. The quantitative estimate of drug-likeness (QED) is 0.567. The summed E-state index contributed by atoms with van der Waals surface area (Å²) in [6.45, 7) is 2.71. The van der Waals surface area contributed by atoms with Gasteiger partial charge in [0, 0.05) is 25.7 Å². The van der Waals surface area contributed by atoms with Crippen molar-refractivity contribution in [2.45, 2.75) is 25.8 Å². The number of esters is 1. The maximum absolute atomic E-state index is 12.0. The Labute approximate surface area is 116 Å². The largest absolute Gasteiger partial charge is 0.479 e. The maximum Gasteiger partial charge on any atom is 0.344 e. The van der Waals surface area contributed by atoms with Crippen LogP contribution in [0.3, 0.4) is 0 Å². The number of aliphatic carboxylic acids is 1. The van der Waals surface area contributed by atoms with Crippen LogP contribution in [0.4, 0.5) is 0 Å². The number of nitrogens with one attached hydrogen (secondary N) is 1. The number of hydrogen-bond donors (Lipinski definition) is 2. The van der Waals surface area contributed by atoms with Crippen LogP contribution in [0.25, 0.3) is 0 Å². The molecular formula is C13H16N2O5. The van der Waals surface area contributed by atoms with Gasteiger partial charge in [-0.2, -0.15) is 0 Å². The van der Waals surface area contributed by atoms with Crippen LogP contribution < -0.4 is 5.32 Å². The standard InChI is InChI=1S/C13H16N2O5/c1-3-20-12(19)13(11(17)18,15-9(2)16)7-10-5-4-6-14-8-10/h4-6,8H,3,7H2,1-2H3,(H,15,16)(H,17,18). The molecule has 0 aromatic carbocycles. The first-order valence-corrected chi connectivity index (χ1v) is 6.00. The number of pyridine rings is 1. The molecule has 1 aromatic heterocycles. The highest BCUT2D eigenvalue weighted by Crippen LogP contribution is 2.16. The van der Waals surface area contributed by atoms with Crippen molar-refractivity contribution in [1.29, 1.82) is 0 Å². The fraction of sp³-hybridized carbons (Fsp3) is 0.385. The van der Waals surface area contributed by atoms with Gasteiger partial charge in [-0.1, -0.05) is 6.07 Å². The zero-order chi connectivity index (χ0) is 15.2. The summed E-state index contributed by atoms with van der Waals surface area (Å²) in [5.41, 5.74) is -1.65. The topological polar surface area (TPSA) is 106 Å². The number of nitrogens with zero attached hydrogens (tertiary/aromatic N) is 1. The zero-order valence-electron chi connectivity index (χ0n) is 11.3. The molecule has 0 radical (unpaired) electrons. The van der Waals surface area contributed by atoms with E-state index >= 15 is 0 Å². The Morgan fingerprint density at radius 2 is 2.15 bits per heavy atom. The second-order valence-electron chi connectivity index (χ2n) is 4.15. The molecule has 0 fully saturated rings. The van der Waals surface area contributed by atoms with E-state index in [-0.39, 0.29) is 13.0 Å². The fourth-order valence-electron chi connectivity index (χ4n) is 1.75. The molecule has 0 saturated carbocycles. The van der Waals surface area contributed by atoms with Gasteiger partial charge in [0.15, 0.2) is 0 Å². The first-order valence-electron chi connectivity index (χ1n) is 6.00. The highest BCUT2D eigenvalue weighted by Gasteiger charge is 2.49. The first kappa shape index (κ1) is 15.6. The predicted molar refractivity (Wildman–Crippen MR) is 68.8 cm³/mol. The van der Waals surface area contributed by atoms with Gasteiger partial charge in [0.2, 0.25) is 11.4 Å². The number of carboxylic acids is 1. The molecule has 0 spiro atoms. The molecule has 0 saturated heterocycles. The first-order chi connectivity index (χ1) is 9.42. The maximum atomic E-state index is 12.0. The van der Waals surface area contributed by atoms with E-state index in [9.17, 15) is 19.5 Å². The van der Waals surface area contributed by atoms with Gasteiger partial charge in [0.25, 0.3) is 0 Å². The normalized spacial score (nSPS) is 13.1. The zero-order valence-corrected chi connectivity index (χ0v) is 11.3. The SMILES string of the molecule is CCOC(=O)C(Cc1cccnc1)(NC(C)=O)C(=O)O. The number of hydrogen-bond acceptors (Lipinski definition) is 5. The molecule has 1 heterocycles. The minimum Gasteiger partial charge on any atom is -0.479 e. The molecule has 1 amide bonds. The van der Waals surface area contributed by atoms with Crippen LogP contribution in [-0.2, 0) is 25.5 Å². The lowest BCUT2D eigenvalue weighted by Crippen LogP contribution is -2.61. The van der Waals surface area contributed by atoms with E-state index in [4.69, 9.17) is 4.74 Å². The summed E-state index contributed by atoms with van der Waals surface area (Å²) < 4.78 is 4.79. The third kappa shape index (κ3) is 3.53. The molecule has 0 aliphatic carbocycles. The van der Waals surface area contributed by atoms with E-state index in [2.05, 4.69) is 10.3 Å². The minimum absolute atomic E-state index is 0.0144. The number of aromatic nitrogens is 1. The molecule has 0 bridgehead atoms. The Morgan fingerprint density at radius 3 is 2.60 bits per heavy atom. The lowest BCUT2D eigenvalue weighted by molar-refractivity contribution is -0.164. The van der Waals surface area contributed by atoms with Crippen molar-refractivity contribution in [2.75, 3.05) is 6.61 Å². The third-order valence-electron chi connectivity index (χ3n) is 2.57. The van der Waals surface area contributed by atoms with E-state index in [1.165, 1.54) is 12.4 Å². The minimum atomic E-state index is -2.15. The van der Waals surface area contributed by atoms with Gasteiger partial charge < -0.3 is 15.2 Å². The highest BCUT2D eigenvalue weighted by atomic mass is 16.5. The molecule has 108 valence electrons. The molecule has 0 aliphatic heterocycles. The molecule has 1 aromatic rings. The van der Waals surface area contributed by atoms with E-state index < -0.39 is 23.4 Å². The predicted octanol–water partition coefficient (Wildman–Crippen LogP) is 0.147. The Balaban J connectivity index is 3.18. The molecule has 20 heavy (non-hydrogen) atoms. The van der Waals surface area contributed by atoms with Crippen molar-refractivity contribution in [2.24, 2.45) is 0 Å². The lowest BCUT2D eigenvalue weighted by atomic mass is 9.91. The number of carbonyl (C=O) groups excluding carboxylic acids is 2. The highest BCUT2D eigenvalue weighted by molar-refractivity contribution is 6.07. The molecule has 1 unspecified atom stereocenters. The van der Waals surface area contributed by atoms with E-state index in [0.29, 0.717) is 5.56 Å². The monoisotopic (exact) mass is 280 g/mol. The average molecular weight is 280 g/mol. The van der Waals surface area contributed by atoms with Crippen molar-refractivity contribution >= 4 is 17.8 Å². The second kappa shape index (κ2) is 6.65. The summed E-state index contributed by atoms with van der Waals surface area (Å²) in [5.74, 6) is -3.12. The van der Waals surface area contributed by atoms with E-state index in [0.717, 1.165) is 6.92 Å². The van der Waals surface area contributed by atoms with E-state index in [1.54, 1.807) is 19.1 Å². The average Bonchev–Trinajstić information content (AvgIpc) is 2.38. The number of carbonyl (C=O) groups is 3. The van der Waals surface area contributed by atoms with Crippen molar-refractivity contribution in [3.63, 3.8) is 0 Å². The molecule has 1 rings (SSSR count). The van der Waals surface area contributed by atoms with Crippen LogP contribution in [0, 0.1) is 0 Å². The van der Waals surface area contributed by atoms with Crippen molar-refractivity contribution < 1.29 is 24.2 Å². The third-order valence-corrected chi connectivity index (χ3v) is 2.57. The van der Waals surface area contributed by atoms with Gasteiger partial charge in [-0.3, -0.25) is 9.78 Å². The summed E-state index contributed by atoms with van der Waals surface area (Å²) in [6, 6.07) is 3.23. The summed E-state index contributed by atoms with van der Waals surface area (Å²) in [4.78, 5) is 38.7. The van der Waals surface area contributed by atoms with Crippen LogP contribution in [0.2, 0.25) is 0 Å². The Hall–Kier alpha value is -2.44. The van der Waals surface area contributed by atoms with Crippen LogP contribution in [-0.4, -0.2) is 40.1 Å². The van der Waals surface area contributed by atoms with Gasteiger partial charge in [-0.15, -0.1) is 0 Å². The van der Waals surface area contributed by atoms with Crippen molar-refractivity contribution in [1.82, 2.24) is 10.3 Å². The smallest absolute Gasteiger partial charge is 0.344 e. The summed E-state index contributed by atoms with van der Waals surface area (Å²) in [7, 11) is 0. The second-order valence-corrected chi connectivity index (χ2v) is 4.15. The van der Waals surface area contributed by atoms with Crippen LogP contribution in [0.1, 0.15) is 19.4 Å². The van der Waals surface area contributed by atoms with Gasteiger partial charge in [-0.05, 0) is 18.6 Å². The number of carboxylic acid groups (broad SMARTS) is 1. The van der Waals surface area contributed by atoms with Crippen LogP contribution >= 0.6 is 0 Å². The molecular weight excluding hydrogens is 264 g/mol. The molecule has 1 atom stereocenters. The number of rotatable bonds is 6. The Bertz CT molecular complexity index is 503.